The van der Waals surface area contributed by atoms with Gasteiger partial charge in [0.2, 0.25) is 5.78 Å². The van der Waals surface area contributed by atoms with Crippen molar-refractivity contribution in [1.82, 2.24) is 0 Å². The molecule has 0 amide bonds. The summed E-state index contributed by atoms with van der Waals surface area (Å²) in [5.74, 6) is -0.430. The van der Waals surface area contributed by atoms with E-state index in [1.54, 1.807) is 26.0 Å². The van der Waals surface area contributed by atoms with Crippen LogP contribution in [0.3, 0.4) is 0 Å². The van der Waals surface area contributed by atoms with Crippen LogP contribution in [0.1, 0.15) is 33.6 Å². The maximum atomic E-state index is 12.3. The average molecular weight is 262 g/mol. The number of Topliss-reactive ketones (excluding diaryl/α,β-unsaturated/α-hetero) is 1. The molecular weight excluding hydrogens is 244 g/mol. The molecule has 0 saturated carbocycles. The zero-order valence-electron chi connectivity index (χ0n) is 11.4. The predicted octanol–water partition coefficient (Wildman–Crippen LogP) is 2.46. The van der Waals surface area contributed by atoms with E-state index in [0.717, 1.165) is 6.42 Å². The van der Waals surface area contributed by atoms with E-state index in [-0.39, 0.29) is 17.5 Å². The molecule has 0 aromatic heterocycles. The van der Waals surface area contributed by atoms with Crippen molar-refractivity contribution in [2.24, 2.45) is 0 Å². The summed E-state index contributed by atoms with van der Waals surface area (Å²) in [4.78, 5) is 24.0. The lowest BCUT2D eigenvalue weighted by Gasteiger charge is -2.21. The van der Waals surface area contributed by atoms with Crippen LogP contribution in [-0.4, -0.2) is 23.5 Å². The number of ether oxygens (including phenoxy) is 2. The first-order chi connectivity index (χ1) is 8.98. The van der Waals surface area contributed by atoms with Gasteiger partial charge >= 0.3 is 5.97 Å². The van der Waals surface area contributed by atoms with Gasteiger partial charge in [-0.15, -0.1) is 0 Å². The summed E-state index contributed by atoms with van der Waals surface area (Å²) < 4.78 is 10.8. The molecule has 0 aromatic rings. The van der Waals surface area contributed by atoms with Gasteiger partial charge in [0.05, 0.1) is 0 Å². The fourth-order valence-corrected chi connectivity index (χ4v) is 2.19. The molecule has 0 saturated heterocycles. The van der Waals surface area contributed by atoms with Gasteiger partial charge in [0.1, 0.15) is 17.4 Å². The Morgan fingerprint density at radius 1 is 1.37 bits per heavy atom. The smallest absolute Gasteiger partial charge is 0.345 e. The van der Waals surface area contributed by atoms with E-state index in [0.29, 0.717) is 12.2 Å². The summed E-state index contributed by atoms with van der Waals surface area (Å²) in [6, 6.07) is 0. The molecule has 0 spiro atoms. The Kier molecular flexibility index (Phi) is 3.60. The molecule has 4 heteroatoms. The van der Waals surface area contributed by atoms with Gasteiger partial charge in [0, 0.05) is 6.42 Å². The van der Waals surface area contributed by atoms with Gasteiger partial charge in [-0.3, -0.25) is 4.79 Å². The largest absolute Gasteiger partial charge is 0.478 e. The minimum atomic E-state index is -1.09. The van der Waals surface area contributed by atoms with Crippen LogP contribution in [0.2, 0.25) is 0 Å². The standard InChI is InChI=1S/C15H18O4/c1-4-5-6-7-8-15(3)13(16)12-11(19-15)9-10(2)18-14(12)17/h5-8,10H,4,9H2,1-3H3/b6-5+,8-7+. The summed E-state index contributed by atoms with van der Waals surface area (Å²) >= 11 is 0. The number of carbonyl (C=O) groups excluding carboxylic acids is 2. The van der Waals surface area contributed by atoms with Crippen molar-refractivity contribution >= 4 is 11.8 Å². The fraction of sp³-hybridized carbons (Fsp3) is 0.467. The van der Waals surface area contributed by atoms with Crippen molar-refractivity contribution in [3.05, 3.63) is 35.6 Å². The van der Waals surface area contributed by atoms with Crippen molar-refractivity contribution in [2.75, 3.05) is 0 Å². The van der Waals surface area contributed by atoms with Crippen molar-refractivity contribution in [1.29, 1.82) is 0 Å². The minimum Gasteiger partial charge on any atom is -0.478 e. The molecule has 0 radical (unpaired) electrons. The maximum absolute atomic E-state index is 12.3. The molecule has 19 heavy (non-hydrogen) atoms. The first-order valence-corrected chi connectivity index (χ1v) is 6.50. The van der Waals surface area contributed by atoms with Crippen LogP contribution in [0.4, 0.5) is 0 Å². The molecule has 0 N–H and O–H groups in total. The number of hydrogen-bond donors (Lipinski definition) is 0. The fourth-order valence-electron chi connectivity index (χ4n) is 2.19. The first-order valence-electron chi connectivity index (χ1n) is 6.50. The highest BCUT2D eigenvalue weighted by Gasteiger charge is 2.49. The van der Waals surface area contributed by atoms with Crippen LogP contribution < -0.4 is 0 Å². The van der Waals surface area contributed by atoms with Gasteiger partial charge in [-0.1, -0.05) is 25.2 Å². The first kappa shape index (κ1) is 13.6. The monoisotopic (exact) mass is 262 g/mol. The maximum Gasteiger partial charge on any atom is 0.345 e. The molecule has 2 atom stereocenters. The Bertz CT molecular complexity index is 498. The third-order valence-corrected chi connectivity index (χ3v) is 3.17. The number of allylic oxidation sites excluding steroid dienone is 3. The van der Waals surface area contributed by atoms with E-state index >= 15 is 0 Å². The van der Waals surface area contributed by atoms with Crippen LogP contribution >= 0.6 is 0 Å². The molecule has 4 nitrogen and oxygen atoms in total. The highest BCUT2D eigenvalue weighted by molar-refractivity contribution is 6.23. The van der Waals surface area contributed by atoms with Gasteiger partial charge in [-0.05, 0) is 26.3 Å². The summed E-state index contributed by atoms with van der Waals surface area (Å²) in [6.07, 6.45) is 8.43. The Balaban J connectivity index is 2.22. The molecule has 2 aliphatic heterocycles. The highest BCUT2D eigenvalue weighted by Crippen LogP contribution is 2.37. The summed E-state index contributed by atoms with van der Waals surface area (Å²) in [5, 5.41) is 0. The van der Waals surface area contributed by atoms with Gasteiger partial charge in [-0.2, -0.15) is 0 Å². The van der Waals surface area contributed by atoms with Crippen molar-refractivity contribution in [2.45, 2.75) is 45.3 Å². The highest BCUT2D eigenvalue weighted by atomic mass is 16.6. The average Bonchev–Trinajstić information content (AvgIpc) is 2.57. The lowest BCUT2D eigenvalue weighted by Crippen LogP contribution is -2.33. The molecule has 2 rings (SSSR count). The van der Waals surface area contributed by atoms with Crippen molar-refractivity contribution in [3.63, 3.8) is 0 Å². The van der Waals surface area contributed by atoms with Crippen molar-refractivity contribution < 1.29 is 19.1 Å². The van der Waals surface area contributed by atoms with E-state index in [9.17, 15) is 9.59 Å². The summed E-state index contributed by atoms with van der Waals surface area (Å²) in [7, 11) is 0. The van der Waals surface area contributed by atoms with Gasteiger partial charge < -0.3 is 9.47 Å². The number of esters is 1. The Morgan fingerprint density at radius 3 is 2.79 bits per heavy atom. The number of ketones is 1. The molecule has 2 heterocycles. The molecule has 0 aliphatic carbocycles. The number of carbonyl (C=O) groups is 2. The van der Waals surface area contributed by atoms with E-state index < -0.39 is 11.6 Å². The van der Waals surface area contributed by atoms with Crippen LogP contribution in [0.25, 0.3) is 0 Å². The number of cyclic esters (lactones) is 1. The Labute approximate surface area is 112 Å². The van der Waals surface area contributed by atoms with Crippen LogP contribution in [0, 0.1) is 0 Å². The van der Waals surface area contributed by atoms with Gasteiger partial charge in [-0.25, -0.2) is 4.79 Å². The summed E-state index contributed by atoms with van der Waals surface area (Å²) in [5.41, 5.74) is -1.02. The predicted molar refractivity (Wildman–Crippen MR) is 70.3 cm³/mol. The van der Waals surface area contributed by atoms with Gasteiger partial charge in [0.15, 0.2) is 5.60 Å². The topological polar surface area (TPSA) is 52.6 Å². The van der Waals surface area contributed by atoms with E-state index in [1.807, 2.05) is 19.1 Å². The lowest BCUT2D eigenvalue weighted by molar-refractivity contribution is -0.145. The van der Waals surface area contributed by atoms with Crippen LogP contribution in [-0.2, 0) is 19.1 Å². The van der Waals surface area contributed by atoms with Gasteiger partial charge in [0.25, 0.3) is 0 Å². The zero-order chi connectivity index (χ0) is 14.0. The normalized spacial score (nSPS) is 31.0. The zero-order valence-corrected chi connectivity index (χ0v) is 11.4. The number of rotatable bonds is 3. The quantitative estimate of drug-likeness (QED) is 0.445. The number of hydrogen-bond acceptors (Lipinski definition) is 4. The second-order valence-electron chi connectivity index (χ2n) is 4.95. The third kappa shape index (κ3) is 2.48. The van der Waals surface area contributed by atoms with E-state index in [1.165, 1.54) is 0 Å². The van der Waals surface area contributed by atoms with E-state index in [4.69, 9.17) is 9.47 Å². The summed E-state index contributed by atoms with van der Waals surface area (Å²) in [6.45, 7) is 5.48. The molecular formula is C15H18O4. The van der Waals surface area contributed by atoms with E-state index in [2.05, 4.69) is 0 Å². The Hall–Kier alpha value is -1.84. The Morgan fingerprint density at radius 2 is 2.11 bits per heavy atom. The molecule has 0 fully saturated rings. The molecule has 2 aliphatic rings. The molecule has 0 aromatic carbocycles. The second kappa shape index (κ2) is 5.03. The SMILES string of the molecule is CC/C=C/C=C/C1(C)OC2=C(C(=O)OC(C)C2)C1=O. The third-order valence-electron chi connectivity index (χ3n) is 3.17. The minimum absolute atomic E-state index is 0.0738. The van der Waals surface area contributed by atoms with Crippen LogP contribution in [0.5, 0.6) is 0 Å². The molecule has 2 unspecified atom stereocenters. The second-order valence-corrected chi connectivity index (χ2v) is 4.95. The van der Waals surface area contributed by atoms with Crippen LogP contribution in [0.15, 0.2) is 35.6 Å². The molecule has 0 bridgehead atoms. The lowest BCUT2D eigenvalue weighted by atomic mass is 9.95. The van der Waals surface area contributed by atoms with Crippen molar-refractivity contribution in [3.8, 4) is 0 Å². The molecule has 102 valence electrons.